The molecule has 3 heterocycles. The number of hydrogen-bond donors (Lipinski definition) is 0. The highest BCUT2D eigenvalue weighted by Crippen LogP contribution is 2.46. The van der Waals surface area contributed by atoms with Crippen LogP contribution in [0, 0.1) is 0 Å². The van der Waals surface area contributed by atoms with Gasteiger partial charge in [-0.05, 0) is 62.4 Å². The van der Waals surface area contributed by atoms with Crippen molar-refractivity contribution < 1.29 is 9.21 Å². The zero-order chi connectivity index (χ0) is 22.5. The average molecular weight is 482 g/mol. The Morgan fingerprint density at radius 1 is 1.15 bits per heavy atom. The molecule has 3 aromatic rings. The highest BCUT2D eigenvalue weighted by molar-refractivity contribution is 8.00. The molecule has 2 aromatic heterocycles. The molecule has 33 heavy (non-hydrogen) atoms. The number of halogens is 1. The van der Waals surface area contributed by atoms with Gasteiger partial charge in [0, 0.05) is 23.4 Å². The molecule has 3 aliphatic rings. The van der Waals surface area contributed by atoms with Gasteiger partial charge in [0.1, 0.15) is 17.6 Å². The van der Waals surface area contributed by atoms with Gasteiger partial charge in [0.05, 0.1) is 17.2 Å². The molecule has 0 radical (unpaired) electrons. The van der Waals surface area contributed by atoms with Gasteiger partial charge in [-0.2, -0.15) is 5.10 Å². The van der Waals surface area contributed by atoms with E-state index in [1.54, 1.807) is 11.3 Å². The third-order valence-corrected chi connectivity index (χ3v) is 7.66. The van der Waals surface area contributed by atoms with Crippen molar-refractivity contribution in [3.05, 3.63) is 64.8 Å². The zero-order valence-corrected chi connectivity index (χ0v) is 19.8. The highest BCUT2D eigenvalue weighted by atomic mass is 35.5. The van der Waals surface area contributed by atoms with Crippen LogP contribution in [0.15, 0.2) is 57.3 Å². The van der Waals surface area contributed by atoms with Crippen LogP contribution in [0.2, 0.25) is 5.02 Å². The summed E-state index contributed by atoms with van der Waals surface area (Å²) >= 11 is 7.53. The lowest BCUT2D eigenvalue weighted by atomic mass is 10.0. The van der Waals surface area contributed by atoms with Gasteiger partial charge >= 0.3 is 0 Å². The molecule has 0 saturated heterocycles. The zero-order valence-electron chi connectivity index (χ0n) is 18.2. The predicted molar refractivity (Wildman–Crippen MR) is 126 cm³/mol. The summed E-state index contributed by atoms with van der Waals surface area (Å²) in [7, 11) is 0. The van der Waals surface area contributed by atoms with Gasteiger partial charge in [0.25, 0.3) is 5.91 Å². The quantitative estimate of drug-likeness (QED) is 0.411. The van der Waals surface area contributed by atoms with E-state index in [0.717, 1.165) is 40.9 Å². The summed E-state index contributed by atoms with van der Waals surface area (Å²) in [5, 5.41) is 16.4. The van der Waals surface area contributed by atoms with Gasteiger partial charge in [-0.15, -0.1) is 10.2 Å². The van der Waals surface area contributed by atoms with Crippen molar-refractivity contribution in [1.82, 2.24) is 19.8 Å². The molecule has 2 atom stereocenters. The summed E-state index contributed by atoms with van der Waals surface area (Å²) < 4.78 is 7.95. The Labute approximate surface area is 201 Å². The van der Waals surface area contributed by atoms with Crippen molar-refractivity contribution in [2.45, 2.75) is 67.4 Å². The molecule has 9 heteroatoms. The SMILES string of the molecule is C[C@@H](Sc1nnc(C2CC2)n1C1CC1)C(=O)N1N=C(c2ccc(Cl)cc2)C[C@H]1c1ccco1. The van der Waals surface area contributed by atoms with Gasteiger partial charge in [-0.25, -0.2) is 5.01 Å². The monoisotopic (exact) mass is 481 g/mol. The molecule has 2 aliphatic carbocycles. The summed E-state index contributed by atoms with van der Waals surface area (Å²) in [6.45, 7) is 1.92. The molecular weight excluding hydrogens is 458 g/mol. The minimum absolute atomic E-state index is 0.0660. The van der Waals surface area contributed by atoms with E-state index >= 15 is 0 Å². The Morgan fingerprint density at radius 2 is 1.94 bits per heavy atom. The maximum atomic E-state index is 13.6. The number of hydrazone groups is 1. The second-order valence-corrected chi connectivity index (χ2v) is 10.7. The molecular formula is C24H24ClN5O2S. The fraction of sp³-hybridized carbons (Fsp3) is 0.417. The number of amides is 1. The molecule has 1 aromatic carbocycles. The first-order valence-electron chi connectivity index (χ1n) is 11.4. The van der Waals surface area contributed by atoms with Crippen LogP contribution in [-0.4, -0.2) is 36.6 Å². The minimum Gasteiger partial charge on any atom is -0.467 e. The molecule has 2 fully saturated rings. The largest absolute Gasteiger partial charge is 0.467 e. The number of furan rings is 1. The molecule has 0 spiro atoms. The van der Waals surface area contributed by atoms with Crippen LogP contribution in [-0.2, 0) is 4.79 Å². The van der Waals surface area contributed by atoms with Gasteiger partial charge in [0.2, 0.25) is 0 Å². The molecule has 0 bridgehead atoms. The Bertz CT molecular complexity index is 1200. The first-order chi connectivity index (χ1) is 16.1. The summed E-state index contributed by atoms with van der Waals surface area (Å²) in [4.78, 5) is 13.6. The van der Waals surface area contributed by atoms with Crippen LogP contribution in [0.4, 0.5) is 0 Å². The van der Waals surface area contributed by atoms with Crippen LogP contribution in [0.1, 0.15) is 74.2 Å². The van der Waals surface area contributed by atoms with E-state index in [-0.39, 0.29) is 17.2 Å². The molecule has 0 N–H and O–H groups in total. The summed E-state index contributed by atoms with van der Waals surface area (Å²) in [5.41, 5.74) is 1.80. The second-order valence-electron chi connectivity index (χ2n) is 8.95. The van der Waals surface area contributed by atoms with Crippen molar-refractivity contribution >= 4 is 35.0 Å². The highest BCUT2D eigenvalue weighted by Gasteiger charge is 2.40. The third-order valence-electron chi connectivity index (χ3n) is 6.36. The van der Waals surface area contributed by atoms with E-state index in [1.807, 2.05) is 43.3 Å². The summed E-state index contributed by atoms with van der Waals surface area (Å²) in [5.74, 6) is 2.29. The Morgan fingerprint density at radius 3 is 2.61 bits per heavy atom. The number of rotatable bonds is 7. The molecule has 1 amide bonds. The lowest BCUT2D eigenvalue weighted by molar-refractivity contribution is -0.132. The van der Waals surface area contributed by atoms with Crippen LogP contribution in [0.3, 0.4) is 0 Å². The van der Waals surface area contributed by atoms with E-state index in [1.165, 1.54) is 24.6 Å². The topological polar surface area (TPSA) is 76.5 Å². The number of hydrogen-bond acceptors (Lipinski definition) is 6. The number of carbonyl (C=O) groups excluding carboxylic acids is 1. The fourth-order valence-corrected chi connectivity index (χ4v) is 5.39. The van der Waals surface area contributed by atoms with Gasteiger partial charge < -0.3 is 8.98 Å². The smallest absolute Gasteiger partial charge is 0.256 e. The van der Waals surface area contributed by atoms with E-state index in [2.05, 4.69) is 14.8 Å². The standard InChI is InChI=1S/C24H24ClN5O2S/c1-14(33-24-27-26-22(16-4-5-16)29(24)18-10-11-18)23(31)30-20(21-3-2-12-32-21)13-19(28-30)15-6-8-17(25)9-7-15/h2-3,6-9,12,14,16,18,20H,4-5,10-11,13H2,1H3/t14-,20+/m1/s1. The maximum absolute atomic E-state index is 13.6. The lowest BCUT2D eigenvalue weighted by Gasteiger charge is -2.23. The van der Waals surface area contributed by atoms with Gasteiger partial charge in [-0.1, -0.05) is 35.5 Å². The number of thioether (sulfide) groups is 1. The van der Waals surface area contributed by atoms with Crippen molar-refractivity contribution in [2.75, 3.05) is 0 Å². The fourth-order valence-electron chi connectivity index (χ4n) is 4.29. The number of nitrogens with zero attached hydrogens (tertiary/aromatic N) is 5. The molecule has 1 aliphatic heterocycles. The molecule has 170 valence electrons. The maximum Gasteiger partial charge on any atom is 0.256 e. The second kappa shape index (κ2) is 8.33. The third kappa shape index (κ3) is 4.10. The van der Waals surface area contributed by atoms with Crippen molar-refractivity contribution in [1.29, 1.82) is 0 Å². The van der Waals surface area contributed by atoms with Crippen LogP contribution < -0.4 is 0 Å². The van der Waals surface area contributed by atoms with E-state index in [9.17, 15) is 4.79 Å². The lowest BCUT2D eigenvalue weighted by Crippen LogP contribution is -2.33. The van der Waals surface area contributed by atoms with E-state index in [0.29, 0.717) is 23.4 Å². The van der Waals surface area contributed by atoms with Crippen LogP contribution in [0.25, 0.3) is 0 Å². The molecule has 6 rings (SSSR count). The van der Waals surface area contributed by atoms with E-state index in [4.69, 9.17) is 21.1 Å². The average Bonchev–Trinajstić information content (AvgIpc) is 3.69. The molecule has 0 unspecified atom stereocenters. The molecule has 2 saturated carbocycles. The number of carbonyl (C=O) groups is 1. The Balaban J connectivity index is 1.26. The van der Waals surface area contributed by atoms with E-state index < -0.39 is 0 Å². The van der Waals surface area contributed by atoms with Crippen molar-refractivity contribution in [3.63, 3.8) is 0 Å². The van der Waals surface area contributed by atoms with Crippen molar-refractivity contribution in [2.24, 2.45) is 5.10 Å². The summed E-state index contributed by atoms with van der Waals surface area (Å²) in [6, 6.07) is 11.5. The minimum atomic E-state index is -0.357. The molecule has 7 nitrogen and oxygen atoms in total. The first kappa shape index (κ1) is 21.0. The normalized spacial score (nSPS) is 21.3. The van der Waals surface area contributed by atoms with Crippen LogP contribution >= 0.6 is 23.4 Å². The number of aromatic nitrogens is 3. The predicted octanol–water partition coefficient (Wildman–Crippen LogP) is 5.60. The van der Waals surface area contributed by atoms with Gasteiger partial charge in [-0.3, -0.25) is 4.79 Å². The number of benzene rings is 1. The van der Waals surface area contributed by atoms with Crippen LogP contribution in [0.5, 0.6) is 0 Å². The first-order valence-corrected chi connectivity index (χ1v) is 12.7. The van der Waals surface area contributed by atoms with Crippen molar-refractivity contribution in [3.8, 4) is 0 Å². The summed E-state index contributed by atoms with van der Waals surface area (Å²) in [6.07, 6.45) is 6.91. The Hall–Kier alpha value is -2.58. The van der Waals surface area contributed by atoms with Gasteiger partial charge in [0.15, 0.2) is 5.16 Å². The Kier molecular flexibility index (Phi) is 5.30.